The smallest absolute Gasteiger partial charge is 0.306 e. The molecule has 0 aliphatic rings. The number of aliphatic carboxylic acids is 2. The third-order valence-corrected chi connectivity index (χ3v) is 9.73. The summed E-state index contributed by atoms with van der Waals surface area (Å²) in [6.45, 7) is 1.13. The van der Waals surface area contributed by atoms with Crippen molar-refractivity contribution in [2.45, 2.75) is 51.0 Å². The number of hydrogen-bond donors (Lipinski definition) is 6. The molecule has 20 nitrogen and oxygen atoms in total. The Hall–Kier alpha value is -3.48. The first-order valence-electron chi connectivity index (χ1n) is 19.4. The van der Waals surface area contributed by atoms with Crippen molar-refractivity contribution in [2.24, 2.45) is 5.92 Å². The minimum absolute atomic E-state index is 0.0533. The van der Waals surface area contributed by atoms with Gasteiger partial charge in [-0.05, 0) is 38.0 Å². The first-order valence-corrected chi connectivity index (χ1v) is 23.6. The molecule has 6 N–H and O–H groups in total. The van der Waals surface area contributed by atoms with Crippen molar-refractivity contribution in [3.63, 3.8) is 0 Å². The monoisotopic (exact) mass is 913 g/mol. The fourth-order valence-corrected chi connectivity index (χ4v) is 6.21. The summed E-state index contributed by atoms with van der Waals surface area (Å²) in [6, 6.07) is -1.28. The standard InChI is InChI=1S/C37H63N5O15S3/c1-58-24-28(43)5-4-15-54-17-19-56-22-32(46)41-29(7-9-36(50)51)30(44)21-27(37(52)53)6-8-31(45)40-12-16-55-18-20-57-23-35(49)42(13-10-38-33(47)25-59-2)14-11-39-34(48)26-60-3/h27,29H,4-26H2,1-3H3,(H,38,47)(H,39,48)(H,40,45)(H,41,46)(H,50,51)(H,52,53)/t27-,29+/m1/s1. The summed E-state index contributed by atoms with van der Waals surface area (Å²) < 4.78 is 21.5. The van der Waals surface area contributed by atoms with Gasteiger partial charge in [0.1, 0.15) is 19.0 Å². The Kier molecular flexibility index (Phi) is 35.1. The van der Waals surface area contributed by atoms with E-state index in [4.69, 9.17) is 24.1 Å². The fourth-order valence-electron chi connectivity index (χ4n) is 5.02. The van der Waals surface area contributed by atoms with Gasteiger partial charge in [0.15, 0.2) is 5.78 Å². The van der Waals surface area contributed by atoms with Crippen LogP contribution in [0.3, 0.4) is 0 Å². The molecule has 0 aliphatic carbocycles. The van der Waals surface area contributed by atoms with E-state index in [0.29, 0.717) is 36.7 Å². The van der Waals surface area contributed by atoms with Gasteiger partial charge in [-0.15, -0.1) is 0 Å². The van der Waals surface area contributed by atoms with Gasteiger partial charge in [-0.3, -0.25) is 43.2 Å². The Labute approximate surface area is 364 Å². The molecule has 0 fully saturated rings. The molecular weight excluding hydrogens is 851 g/mol. The Morgan fingerprint density at radius 2 is 1.13 bits per heavy atom. The first-order chi connectivity index (χ1) is 28.7. The highest BCUT2D eigenvalue weighted by atomic mass is 32.2. The van der Waals surface area contributed by atoms with Crippen molar-refractivity contribution in [1.82, 2.24) is 26.2 Å². The summed E-state index contributed by atoms with van der Waals surface area (Å²) in [7, 11) is 0. The van der Waals surface area contributed by atoms with Crippen molar-refractivity contribution in [2.75, 3.05) is 122 Å². The second-order valence-electron chi connectivity index (χ2n) is 13.0. The Bertz CT molecular complexity index is 1310. The molecule has 0 aromatic rings. The quantitative estimate of drug-likeness (QED) is 0.0421. The number of thioether (sulfide) groups is 3. The molecule has 344 valence electrons. The van der Waals surface area contributed by atoms with E-state index in [0.717, 1.165) is 0 Å². The summed E-state index contributed by atoms with van der Waals surface area (Å²) in [5, 5.41) is 29.3. The third-order valence-electron chi connectivity index (χ3n) is 8.02. The highest BCUT2D eigenvalue weighted by Crippen LogP contribution is 2.15. The average molecular weight is 914 g/mol. The van der Waals surface area contributed by atoms with Gasteiger partial charge >= 0.3 is 11.9 Å². The van der Waals surface area contributed by atoms with Crippen molar-refractivity contribution >= 4 is 88.3 Å². The predicted molar refractivity (Wildman–Crippen MR) is 227 cm³/mol. The molecule has 0 radical (unpaired) electrons. The number of amides is 5. The third kappa shape index (κ3) is 32.3. The lowest BCUT2D eigenvalue weighted by Crippen LogP contribution is -2.44. The molecule has 0 heterocycles. The second kappa shape index (κ2) is 37.3. The number of ether oxygens (including phenoxy) is 4. The highest BCUT2D eigenvalue weighted by molar-refractivity contribution is 7.99. The van der Waals surface area contributed by atoms with Crippen LogP contribution < -0.4 is 21.3 Å². The van der Waals surface area contributed by atoms with E-state index in [1.54, 1.807) is 12.5 Å². The maximum atomic E-state index is 13.0. The predicted octanol–water partition coefficient (Wildman–Crippen LogP) is -0.542. The van der Waals surface area contributed by atoms with E-state index in [2.05, 4.69) is 21.3 Å². The summed E-state index contributed by atoms with van der Waals surface area (Å²) in [5.74, 6) is -5.20. The van der Waals surface area contributed by atoms with Crippen LogP contribution >= 0.6 is 35.3 Å². The largest absolute Gasteiger partial charge is 0.481 e. The van der Waals surface area contributed by atoms with Crippen LogP contribution in [0.15, 0.2) is 0 Å². The van der Waals surface area contributed by atoms with Crippen LogP contribution in [0.2, 0.25) is 0 Å². The second-order valence-corrected chi connectivity index (χ2v) is 15.6. The number of ketones is 2. The van der Waals surface area contributed by atoms with Crippen LogP contribution in [0.5, 0.6) is 0 Å². The van der Waals surface area contributed by atoms with E-state index in [1.807, 2.05) is 6.26 Å². The molecule has 0 rings (SSSR count). The maximum Gasteiger partial charge on any atom is 0.306 e. The Morgan fingerprint density at radius 3 is 1.70 bits per heavy atom. The maximum absolute atomic E-state index is 13.0. The van der Waals surface area contributed by atoms with Gasteiger partial charge in [0.2, 0.25) is 29.5 Å². The summed E-state index contributed by atoms with van der Waals surface area (Å²) in [5.41, 5.74) is 0. The molecule has 2 atom stereocenters. The number of carboxylic acids is 2. The number of Topliss-reactive ketones (excluding diaryl/α,β-unsaturated/α-hetero) is 2. The topological polar surface area (TPSA) is 282 Å². The SMILES string of the molecule is CSCC(=O)CCCOCCOCC(=O)N[C@@H](CCC(=O)O)C(=O)C[C@@H](CCC(=O)NCCOCCOCC(=O)N(CCNC(=O)CSC)CCNC(=O)CSC)C(=O)O. The van der Waals surface area contributed by atoms with Gasteiger partial charge < -0.3 is 55.3 Å². The summed E-state index contributed by atoms with van der Waals surface area (Å²) in [4.78, 5) is 110. The van der Waals surface area contributed by atoms with Gasteiger partial charge in [0.25, 0.3) is 0 Å². The van der Waals surface area contributed by atoms with E-state index >= 15 is 0 Å². The van der Waals surface area contributed by atoms with Crippen LogP contribution in [-0.4, -0.2) is 196 Å². The molecule has 0 spiro atoms. The van der Waals surface area contributed by atoms with Crippen LogP contribution in [0.25, 0.3) is 0 Å². The molecule has 0 saturated carbocycles. The van der Waals surface area contributed by atoms with Crippen molar-refractivity contribution in [3.05, 3.63) is 0 Å². The number of carboxylic acid groups (broad SMARTS) is 2. The molecule has 23 heteroatoms. The number of carbonyl (C=O) groups is 9. The van der Waals surface area contributed by atoms with Gasteiger partial charge in [-0.2, -0.15) is 35.3 Å². The molecule has 0 bridgehead atoms. The zero-order valence-corrected chi connectivity index (χ0v) is 37.2. The molecule has 0 aromatic carbocycles. The summed E-state index contributed by atoms with van der Waals surface area (Å²) in [6.07, 6.45) is 4.70. The van der Waals surface area contributed by atoms with Crippen LogP contribution in [0.1, 0.15) is 44.9 Å². The van der Waals surface area contributed by atoms with Crippen molar-refractivity contribution in [3.8, 4) is 0 Å². The van der Waals surface area contributed by atoms with E-state index in [9.17, 15) is 48.3 Å². The normalized spacial score (nSPS) is 11.8. The van der Waals surface area contributed by atoms with Crippen LogP contribution in [0, 0.1) is 5.92 Å². The first kappa shape index (κ1) is 56.5. The van der Waals surface area contributed by atoms with Crippen molar-refractivity contribution < 1.29 is 72.3 Å². The Morgan fingerprint density at radius 1 is 0.583 bits per heavy atom. The number of rotatable bonds is 40. The van der Waals surface area contributed by atoms with Gasteiger partial charge in [0.05, 0.1) is 62.3 Å². The number of carbonyl (C=O) groups excluding carboxylic acids is 7. The molecule has 0 unspecified atom stereocenters. The lowest BCUT2D eigenvalue weighted by Gasteiger charge is -2.23. The van der Waals surface area contributed by atoms with Gasteiger partial charge in [0, 0.05) is 65.0 Å². The molecule has 5 amide bonds. The minimum Gasteiger partial charge on any atom is -0.481 e. The van der Waals surface area contributed by atoms with Gasteiger partial charge in [-0.1, -0.05) is 0 Å². The molecule has 0 aliphatic heterocycles. The highest BCUT2D eigenvalue weighted by Gasteiger charge is 2.28. The van der Waals surface area contributed by atoms with Gasteiger partial charge in [-0.25, -0.2) is 0 Å². The average Bonchev–Trinajstić information content (AvgIpc) is 3.19. The summed E-state index contributed by atoms with van der Waals surface area (Å²) >= 11 is 4.20. The van der Waals surface area contributed by atoms with E-state index in [1.165, 1.54) is 40.2 Å². The lowest BCUT2D eigenvalue weighted by molar-refractivity contribution is -0.145. The number of nitrogens with zero attached hydrogens (tertiary/aromatic N) is 1. The molecular formula is C37H63N5O15S3. The van der Waals surface area contributed by atoms with Crippen LogP contribution in [0.4, 0.5) is 0 Å². The molecule has 0 saturated heterocycles. The molecule has 60 heavy (non-hydrogen) atoms. The fraction of sp³-hybridized carbons (Fsp3) is 0.757. The lowest BCUT2D eigenvalue weighted by atomic mass is 9.92. The number of nitrogens with one attached hydrogen (secondary N) is 4. The minimum atomic E-state index is -1.34. The number of hydrogen-bond acceptors (Lipinski definition) is 16. The zero-order chi connectivity index (χ0) is 45.0. The van der Waals surface area contributed by atoms with E-state index in [-0.39, 0.29) is 115 Å². The van der Waals surface area contributed by atoms with E-state index < -0.39 is 60.9 Å². The zero-order valence-electron chi connectivity index (χ0n) is 34.8. The van der Waals surface area contributed by atoms with Crippen LogP contribution in [-0.2, 0) is 62.1 Å². The van der Waals surface area contributed by atoms with Crippen molar-refractivity contribution in [1.29, 1.82) is 0 Å². The molecule has 0 aromatic heterocycles. The Balaban J connectivity index is 4.60.